The number of rotatable bonds is 11. The first kappa shape index (κ1) is 28.5. The largest absolute Gasteiger partial charge is 0.497 e. The summed E-state index contributed by atoms with van der Waals surface area (Å²) in [4.78, 5) is 27.8. The number of benzene rings is 2. The molecule has 0 saturated carbocycles. The molecule has 0 aliphatic heterocycles. The Balaban J connectivity index is 2.40. The van der Waals surface area contributed by atoms with E-state index in [-0.39, 0.29) is 18.4 Å². The van der Waals surface area contributed by atoms with Crippen LogP contribution in [0.2, 0.25) is 5.02 Å². The molecule has 0 aromatic heterocycles. The number of carbonyl (C=O) groups is 2. The number of hydrogen-bond acceptors (Lipinski definition) is 5. The summed E-state index contributed by atoms with van der Waals surface area (Å²) >= 11 is 6.21. The second kappa shape index (κ2) is 12.3. The Kier molecular flexibility index (Phi) is 9.97. The summed E-state index contributed by atoms with van der Waals surface area (Å²) < 4.78 is 31.6. The minimum Gasteiger partial charge on any atom is -0.497 e. The first-order valence-electron chi connectivity index (χ1n) is 11.3. The topological polar surface area (TPSA) is 96.0 Å². The Hall–Kier alpha value is -2.78. The van der Waals surface area contributed by atoms with E-state index in [1.807, 2.05) is 13.8 Å². The lowest BCUT2D eigenvalue weighted by atomic mass is 10.1. The van der Waals surface area contributed by atoms with Crippen molar-refractivity contribution in [2.24, 2.45) is 5.92 Å². The standard InChI is InChI=1S/C25H34ClN3O5S/c1-17(2)14-27-25(31)19(4)28(15-20-10-12-21(34-5)13-11-20)24(30)16-29(35(6,32)33)23-9-7-8-22(26)18(23)3/h7-13,17,19H,14-16H2,1-6H3,(H,27,31)/t19-/m1/s1. The fourth-order valence-electron chi connectivity index (χ4n) is 3.42. The number of nitrogens with zero attached hydrogens (tertiary/aromatic N) is 2. The van der Waals surface area contributed by atoms with Gasteiger partial charge in [-0.2, -0.15) is 0 Å². The highest BCUT2D eigenvalue weighted by Gasteiger charge is 2.30. The van der Waals surface area contributed by atoms with Gasteiger partial charge in [-0.1, -0.05) is 43.6 Å². The van der Waals surface area contributed by atoms with Gasteiger partial charge in [-0.05, 0) is 55.2 Å². The average molecular weight is 524 g/mol. The van der Waals surface area contributed by atoms with Crippen molar-refractivity contribution in [3.63, 3.8) is 0 Å². The molecule has 10 heteroatoms. The van der Waals surface area contributed by atoms with Gasteiger partial charge in [0, 0.05) is 18.1 Å². The van der Waals surface area contributed by atoms with Crippen LogP contribution in [0.15, 0.2) is 42.5 Å². The molecule has 35 heavy (non-hydrogen) atoms. The molecule has 2 amide bonds. The zero-order chi connectivity index (χ0) is 26.3. The van der Waals surface area contributed by atoms with Gasteiger partial charge < -0.3 is 15.0 Å². The number of ether oxygens (including phenoxy) is 1. The van der Waals surface area contributed by atoms with Crippen LogP contribution in [-0.2, 0) is 26.2 Å². The Morgan fingerprint density at radius 3 is 2.26 bits per heavy atom. The number of anilines is 1. The van der Waals surface area contributed by atoms with Crippen LogP contribution in [0.25, 0.3) is 0 Å². The fourth-order valence-corrected chi connectivity index (χ4v) is 4.49. The quantitative estimate of drug-likeness (QED) is 0.485. The van der Waals surface area contributed by atoms with Crippen LogP contribution in [0, 0.1) is 12.8 Å². The Labute approximate surface area is 213 Å². The van der Waals surface area contributed by atoms with E-state index in [0.29, 0.717) is 28.6 Å². The predicted molar refractivity (Wildman–Crippen MR) is 139 cm³/mol. The molecule has 0 heterocycles. The Bertz CT molecular complexity index is 1140. The molecule has 8 nitrogen and oxygen atoms in total. The minimum atomic E-state index is -3.82. The second-order valence-electron chi connectivity index (χ2n) is 8.84. The first-order chi connectivity index (χ1) is 16.3. The number of carbonyl (C=O) groups excluding carboxylic acids is 2. The summed E-state index contributed by atoms with van der Waals surface area (Å²) in [5, 5.41) is 3.24. The normalized spacial score (nSPS) is 12.2. The molecule has 0 fully saturated rings. The van der Waals surface area contributed by atoms with Gasteiger partial charge in [-0.3, -0.25) is 13.9 Å². The molecular weight excluding hydrogens is 490 g/mol. The molecule has 0 saturated heterocycles. The molecule has 0 unspecified atom stereocenters. The van der Waals surface area contributed by atoms with Crippen molar-refractivity contribution < 1.29 is 22.7 Å². The van der Waals surface area contributed by atoms with Gasteiger partial charge in [0.2, 0.25) is 21.8 Å². The lowest BCUT2D eigenvalue weighted by Crippen LogP contribution is -2.51. The molecule has 2 rings (SSSR count). The summed E-state index contributed by atoms with van der Waals surface area (Å²) in [5.41, 5.74) is 1.62. The molecule has 0 spiro atoms. The average Bonchev–Trinajstić information content (AvgIpc) is 2.80. The Morgan fingerprint density at radius 2 is 1.71 bits per heavy atom. The number of methoxy groups -OCH3 is 1. The smallest absolute Gasteiger partial charge is 0.244 e. The van der Waals surface area contributed by atoms with Gasteiger partial charge in [0.05, 0.1) is 19.1 Å². The third-order valence-corrected chi connectivity index (χ3v) is 7.09. The maximum atomic E-state index is 13.6. The Morgan fingerprint density at radius 1 is 1.09 bits per heavy atom. The molecule has 0 aliphatic carbocycles. The van der Waals surface area contributed by atoms with Gasteiger partial charge >= 0.3 is 0 Å². The van der Waals surface area contributed by atoms with E-state index in [1.165, 1.54) is 4.90 Å². The molecule has 0 bridgehead atoms. The number of nitrogens with one attached hydrogen (secondary N) is 1. The molecule has 1 atom stereocenters. The monoisotopic (exact) mass is 523 g/mol. The van der Waals surface area contributed by atoms with Crippen LogP contribution in [0.5, 0.6) is 5.75 Å². The van der Waals surface area contributed by atoms with E-state index in [1.54, 1.807) is 63.4 Å². The zero-order valence-electron chi connectivity index (χ0n) is 21.0. The van der Waals surface area contributed by atoms with E-state index in [0.717, 1.165) is 16.1 Å². The van der Waals surface area contributed by atoms with Crippen LogP contribution in [-0.4, -0.2) is 57.6 Å². The fraction of sp³-hybridized carbons (Fsp3) is 0.440. The van der Waals surface area contributed by atoms with E-state index < -0.39 is 28.5 Å². The van der Waals surface area contributed by atoms with Gasteiger partial charge in [0.25, 0.3) is 0 Å². The van der Waals surface area contributed by atoms with Crippen molar-refractivity contribution in [3.05, 3.63) is 58.6 Å². The van der Waals surface area contributed by atoms with Crippen molar-refractivity contribution in [1.29, 1.82) is 0 Å². The summed E-state index contributed by atoms with van der Waals surface area (Å²) in [6.45, 7) is 7.38. The summed E-state index contributed by atoms with van der Waals surface area (Å²) in [6, 6.07) is 11.2. The van der Waals surface area contributed by atoms with E-state index in [2.05, 4.69) is 5.32 Å². The van der Waals surface area contributed by atoms with Gasteiger partial charge in [0.15, 0.2) is 0 Å². The number of amides is 2. The molecular formula is C25H34ClN3O5S. The van der Waals surface area contributed by atoms with E-state index in [4.69, 9.17) is 16.3 Å². The minimum absolute atomic E-state index is 0.116. The highest BCUT2D eigenvalue weighted by Crippen LogP contribution is 2.28. The molecule has 192 valence electrons. The molecule has 2 aromatic rings. The molecule has 2 aromatic carbocycles. The van der Waals surface area contributed by atoms with Crippen LogP contribution in [0.4, 0.5) is 5.69 Å². The number of hydrogen-bond donors (Lipinski definition) is 1. The predicted octanol–water partition coefficient (Wildman–Crippen LogP) is 3.61. The summed E-state index contributed by atoms with van der Waals surface area (Å²) in [6.07, 6.45) is 1.03. The third kappa shape index (κ3) is 7.86. The van der Waals surface area contributed by atoms with Crippen molar-refractivity contribution in [1.82, 2.24) is 10.2 Å². The number of sulfonamides is 1. The molecule has 0 aliphatic rings. The highest BCUT2D eigenvalue weighted by atomic mass is 35.5. The van der Waals surface area contributed by atoms with Gasteiger partial charge in [-0.25, -0.2) is 8.42 Å². The highest BCUT2D eigenvalue weighted by molar-refractivity contribution is 7.92. The van der Waals surface area contributed by atoms with E-state index in [9.17, 15) is 18.0 Å². The van der Waals surface area contributed by atoms with Crippen LogP contribution in [0.1, 0.15) is 31.9 Å². The van der Waals surface area contributed by atoms with Crippen LogP contribution in [0.3, 0.4) is 0 Å². The van der Waals surface area contributed by atoms with Crippen LogP contribution >= 0.6 is 11.6 Å². The lowest BCUT2D eigenvalue weighted by Gasteiger charge is -2.32. The molecule has 1 N–H and O–H groups in total. The van der Waals surface area contributed by atoms with Crippen molar-refractivity contribution in [2.45, 2.75) is 40.3 Å². The third-order valence-electron chi connectivity index (χ3n) is 5.55. The van der Waals surface area contributed by atoms with Crippen LogP contribution < -0.4 is 14.4 Å². The zero-order valence-corrected chi connectivity index (χ0v) is 22.6. The maximum Gasteiger partial charge on any atom is 0.244 e. The summed E-state index contributed by atoms with van der Waals surface area (Å²) in [5.74, 6) is 0.0701. The molecule has 0 radical (unpaired) electrons. The lowest BCUT2D eigenvalue weighted by molar-refractivity contribution is -0.139. The van der Waals surface area contributed by atoms with Crippen molar-refractivity contribution in [2.75, 3.05) is 30.8 Å². The number of halogens is 1. The van der Waals surface area contributed by atoms with Crippen molar-refractivity contribution >= 4 is 39.1 Å². The van der Waals surface area contributed by atoms with Crippen molar-refractivity contribution in [3.8, 4) is 5.75 Å². The van der Waals surface area contributed by atoms with E-state index >= 15 is 0 Å². The van der Waals surface area contributed by atoms with Gasteiger partial charge in [-0.15, -0.1) is 0 Å². The summed E-state index contributed by atoms with van der Waals surface area (Å²) in [7, 11) is -2.27. The first-order valence-corrected chi connectivity index (χ1v) is 13.5. The van der Waals surface area contributed by atoms with Gasteiger partial charge in [0.1, 0.15) is 18.3 Å². The maximum absolute atomic E-state index is 13.6. The second-order valence-corrected chi connectivity index (χ2v) is 11.2. The SMILES string of the molecule is COc1ccc(CN(C(=O)CN(c2cccc(Cl)c2C)S(C)(=O)=O)[C@H](C)C(=O)NCC(C)C)cc1.